The molecule has 0 aliphatic heterocycles. The van der Waals surface area contributed by atoms with Crippen molar-refractivity contribution in [1.82, 2.24) is 15.2 Å². The van der Waals surface area contributed by atoms with Crippen molar-refractivity contribution in [3.63, 3.8) is 0 Å². The SMILES string of the molecule is COc1ccc2cc(CN(Cc3ccc(Cl)cc3)C(=O)NC3CCCCC3)c(=O)[nH]c2c1. The highest BCUT2D eigenvalue weighted by Gasteiger charge is 2.21. The number of nitrogens with one attached hydrogen (secondary N) is 2. The lowest BCUT2D eigenvalue weighted by Crippen LogP contribution is -2.45. The average Bonchev–Trinajstić information content (AvgIpc) is 2.80. The summed E-state index contributed by atoms with van der Waals surface area (Å²) in [6, 6.07) is 14.9. The van der Waals surface area contributed by atoms with Gasteiger partial charge >= 0.3 is 6.03 Å². The summed E-state index contributed by atoms with van der Waals surface area (Å²) in [5.74, 6) is 0.678. The van der Waals surface area contributed by atoms with Gasteiger partial charge < -0.3 is 19.9 Å². The van der Waals surface area contributed by atoms with Crippen molar-refractivity contribution in [2.24, 2.45) is 0 Å². The van der Waals surface area contributed by atoms with Gasteiger partial charge in [-0.15, -0.1) is 0 Å². The van der Waals surface area contributed by atoms with E-state index in [9.17, 15) is 9.59 Å². The molecule has 0 atom stereocenters. The number of aromatic amines is 1. The van der Waals surface area contributed by atoms with Gasteiger partial charge in [0.05, 0.1) is 19.2 Å². The zero-order valence-corrected chi connectivity index (χ0v) is 19.0. The summed E-state index contributed by atoms with van der Waals surface area (Å²) in [5.41, 5.74) is 1.98. The van der Waals surface area contributed by atoms with Crippen LogP contribution in [0.1, 0.15) is 43.2 Å². The van der Waals surface area contributed by atoms with E-state index in [2.05, 4.69) is 10.3 Å². The number of hydrogen-bond donors (Lipinski definition) is 2. The van der Waals surface area contributed by atoms with E-state index in [0.29, 0.717) is 28.4 Å². The number of hydrogen-bond acceptors (Lipinski definition) is 3. The van der Waals surface area contributed by atoms with Crippen LogP contribution in [0.15, 0.2) is 53.3 Å². The molecule has 0 bridgehead atoms. The monoisotopic (exact) mass is 453 g/mol. The van der Waals surface area contributed by atoms with Crippen molar-refractivity contribution in [3.05, 3.63) is 75.0 Å². The summed E-state index contributed by atoms with van der Waals surface area (Å²) < 4.78 is 5.24. The molecule has 2 amide bonds. The van der Waals surface area contributed by atoms with Gasteiger partial charge in [-0.05, 0) is 54.1 Å². The van der Waals surface area contributed by atoms with E-state index >= 15 is 0 Å². The second-order valence-corrected chi connectivity index (χ2v) is 8.78. The molecule has 1 fully saturated rings. The van der Waals surface area contributed by atoms with Crippen LogP contribution in [0, 0.1) is 0 Å². The molecule has 2 aromatic carbocycles. The number of pyridine rings is 1. The van der Waals surface area contributed by atoms with Crippen LogP contribution in [0.2, 0.25) is 5.02 Å². The van der Waals surface area contributed by atoms with Crippen molar-refractivity contribution in [3.8, 4) is 5.75 Å². The number of carbonyl (C=O) groups is 1. The molecular formula is C25H28ClN3O3. The summed E-state index contributed by atoms with van der Waals surface area (Å²) in [5, 5.41) is 4.71. The normalized spacial score (nSPS) is 14.3. The maximum absolute atomic E-state index is 13.2. The fraction of sp³-hybridized carbons (Fsp3) is 0.360. The number of H-pyrrole nitrogens is 1. The van der Waals surface area contributed by atoms with E-state index < -0.39 is 0 Å². The lowest BCUT2D eigenvalue weighted by atomic mass is 9.96. The molecule has 1 heterocycles. The average molecular weight is 454 g/mol. The second-order valence-electron chi connectivity index (χ2n) is 8.34. The van der Waals surface area contributed by atoms with Crippen molar-refractivity contribution in [2.45, 2.75) is 51.2 Å². The first-order valence-corrected chi connectivity index (χ1v) is 11.4. The quantitative estimate of drug-likeness (QED) is 0.536. The van der Waals surface area contributed by atoms with Gasteiger partial charge in [-0.2, -0.15) is 0 Å². The summed E-state index contributed by atoms with van der Waals surface area (Å²) in [7, 11) is 1.59. The van der Waals surface area contributed by atoms with Gasteiger partial charge in [0, 0.05) is 29.2 Å². The molecule has 1 aromatic heterocycles. The molecule has 0 radical (unpaired) electrons. The number of carbonyl (C=O) groups excluding carboxylic acids is 1. The van der Waals surface area contributed by atoms with Gasteiger partial charge in [0.15, 0.2) is 0 Å². The molecule has 2 N–H and O–H groups in total. The zero-order valence-electron chi connectivity index (χ0n) is 18.2. The zero-order chi connectivity index (χ0) is 22.5. The first-order chi connectivity index (χ1) is 15.5. The van der Waals surface area contributed by atoms with Gasteiger partial charge in [-0.25, -0.2) is 4.79 Å². The molecule has 1 saturated carbocycles. The maximum atomic E-state index is 13.2. The van der Waals surface area contributed by atoms with E-state index in [0.717, 1.165) is 36.6 Å². The number of ether oxygens (including phenoxy) is 1. The fourth-order valence-corrected chi connectivity index (χ4v) is 4.32. The Labute approximate surface area is 192 Å². The van der Waals surface area contributed by atoms with E-state index in [-0.39, 0.29) is 24.2 Å². The number of aromatic nitrogens is 1. The molecular weight excluding hydrogens is 426 g/mol. The molecule has 3 aromatic rings. The Balaban J connectivity index is 1.59. The van der Waals surface area contributed by atoms with Gasteiger partial charge in [0.1, 0.15) is 5.75 Å². The Morgan fingerprint density at radius 2 is 1.84 bits per heavy atom. The van der Waals surface area contributed by atoms with Crippen LogP contribution < -0.4 is 15.6 Å². The Hall–Kier alpha value is -2.99. The van der Waals surface area contributed by atoms with Gasteiger partial charge in [-0.3, -0.25) is 4.79 Å². The highest BCUT2D eigenvalue weighted by atomic mass is 35.5. The molecule has 0 spiro atoms. The summed E-state index contributed by atoms with van der Waals surface area (Å²) >= 11 is 6.02. The molecule has 0 saturated heterocycles. The van der Waals surface area contributed by atoms with Crippen molar-refractivity contribution in [1.29, 1.82) is 0 Å². The van der Waals surface area contributed by atoms with E-state index in [1.54, 1.807) is 18.1 Å². The largest absolute Gasteiger partial charge is 0.497 e. The number of nitrogens with zero attached hydrogens (tertiary/aromatic N) is 1. The third-order valence-electron chi connectivity index (χ3n) is 6.00. The molecule has 6 nitrogen and oxygen atoms in total. The molecule has 1 aliphatic rings. The standard InChI is InChI=1S/C25H28ClN3O3/c1-32-22-12-9-18-13-19(24(30)28-23(18)14-22)16-29(15-17-7-10-20(26)11-8-17)25(31)27-21-5-3-2-4-6-21/h7-14,21H,2-6,15-16H2,1H3,(H,27,31)(H,28,30). The van der Waals surface area contributed by atoms with Crippen LogP contribution in [-0.2, 0) is 13.1 Å². The molecule has 4 rings (SSSR count). The minimum atomic E-state index is -0.211. The smallest absolute Gasteiger partial charge is 0.318 e. The predicted molar refractivity (Wildman–Crippen MR) is 127 cm³/mol. The van der Waals surface area contributed by atoms with Gasteiger partial charge in [0.25, 0.3) is 5.56 Å². The van der Waals surface area contributed by atoms with Crippen molar-refractivity contribution < 1.29 is 9.53 Å². The first kappa shape index (κ1) is 22.2. The minimum absolute atomic E-state index is 0.152. The number of methoxy groups -OCH3 is 1. The first-order valence-electron chi connectivity index (χ1n) is 11.0. The third-order valence-corrected chi connectivity index (χ3v) is 6.25. The van der Waals surface area contributed by atoms with Crippen LogP contribution in [0.3, 0.4) is 0 Å². The lowest BCUT2D eigenvalue weighted by molar-refractivity contribution is 0.184. The molecule has 1 aliphatic carbocycles. The van der Waals surface area contributed by atoms with E-state index in [1.165, 1.54) is 6.42 Å². The Kier molecular flexibility index (Phi) is 7.00. The van der Waals surface area contributed by atoms with Crippen LogP contribution >= 0.6 is 11.6 Å². The number of fused-ring (bicyclic) bond motifs is 1. The Morgan fingerprint density at radius 3 is 2.56 bits per heavy atom. The maximum Gasteiger partial charge on any atom is 0.318 e. The summed E-state index contributed by atoms with van der Waals surface area (Å²) in [4.78, 5) is 30.6. The predicted octanol–water partition coefficient (Wildman–Crippen LogP) is 5.23. The highest BCUT2D eigenvalue weighted by Crippen LogP contribution is 2.21. The third kappa shape index (κ3) is 5.43. The van der Waals surface area contributed by atoms with Crippen molar-refractivity contribution in [2.75, 3.05) is 7.11 Å². The summed E-state index contributed by atoms with van der Waals surface area (Å²) in [6.07, 6.45) is 5.49. The molecule has 32 heavy (non-hydrogen) atoms. The number of rotatable bonds is 6. The van der Waals surface area contributed by atoms with Gasteiger partial charge in [-0.1, -0.05) is 43.0 Å². The number of urea groups is 1. The van der Waals surface area contributed by atoms with Crippen LogP contribution in [0.4, 0.5) is 4.79 Å². The minimum Gasteiger partial charge on any atom is -0.497 e. The van der Waals surface area contributed by atoms with E-state index in [1.807, 2.05) is 42.5 Å². The van der Waals surface area contributed by atoms with E-state index in [4.69, 9.17) is 16.3 Å². The van der Waals surface area contributed by atoms with Gasteiger partial charge in [0.2, 0.25) is 0 Å². The lowest BCUT2D eigenvalue weighted by Gasteiger charge is -2.28. The number of amides is 2. The van der Waals surface area contributed by atoms with Crippen LogP contribution in [-0.4, -0.2) is 29.1 Å². The molecule has 0 unspecified atom stereocenters. The highest BCUT2D eigenvalue weighted by molar-refractivity contribution is 6.30. The summed E-state index contributed by atoms with van der Waals surface area (Å²) in [6.45, 7) is 0.592. The topological polar surface area (TPSA) is 74.4 Å². The molecule has 168 valence electrons. The number of benzene rings is 2. The Morgan fingerprint density at radius 1 is 1.09 bits per heavy atom. The second kappa shape index (κ2) is 10.1. The van der Waals surface area contributed by atoms with Crippen LogP contribution in [0.25, 0.3) is 10.9 Å². The van der Waals surface area contributed by atoms with Crippen LogP contribution in [0.5, 0.6) is 5.75 Å². The number of halogens is 1. The molecule has 7 heteroatoms. The van der Waals surface area contributed by atoms with Crippen molar-refractivity contribution >= 4 is 28.5 Å². The fourth-order valence-electron chi connectivity index (χ4n) is 4.20. The Bertz CT molecular complexity index is 1140.